The summed E-state index contributed by atoms with van der Waals surface area (Å²) in [4.78, 5) is 9.07. The molecule has 7 heteroatoms. The SMILES string of the molecule is CC(C)c1ccc(Oc2cc(C(C)C)nc(SCc3ccc(C(F)(F)F)cc3)n2)cc1. The van der Waals surface area contributed by atoms with Crippen LogP contribution in [-0.2, 0) is 11.9 Å². The number of aromatic nitrogens is 2. The highest BCUT2D eigenvalue weighted by molar-refractivity contribution is 7.98. The van der Waals surface area contributed by atoms with Gasteiger partial charge >= 0.3 is 6.18 Å². The summed E-state index contributed by atoms with van der Waals surface area (Å²) in [5.41, 5.74) is 2.19. The number of ether oxygens (including phenoxy) is 1. The molecule has 0 aliphatic heterocycles. The highest BCUT2D eigenvalue weighted by atomic mass is 32.2. The Labute approximate surface area is 185 Å². The van der Waals surface area contributed by atoms with Crippen molar-refractivity contribution in [2.45, 2.75) is 56.6 Å². The van der Waals surface area contributed by atoms with Crippen LogP contribution in [0.4, 0.5) is 13.2 Å². The van der Waals surface area contributed by atoms with E-state index in [9.17, 15) is 13.2 Å². The average Bonchev–Trinajstić information content (AvgIpc) is 2.72. The van der Waals surface area contributed by atoms with Gasteiger partial charge in [0.1, 0.15) is 5.75 Å². The summed E-state index contributed by atoms with van der Waals surface area (Å²) in [6, 6.07) is 14.9. The van der Waals surface area contributed by atoms with Gasteiger partial charge in [0.2, 0.25) is 5.88 Å². The lowest BCUT2D eigenvalue weighted by molar-refractivity contribution is -0.137. The fraction of sp³-hybridized carbons (Fsp3) is 0.333. The van der Waals surface area contributed by atoms with Gasteiger partial charge in [0, 0.05) is 11.8 Å². The summed E-state index contributed by atoms with van der Waals surface area (Å²) < 4.78 is 44.2. The van der Waals surface area contributed by atoms with E-state index in [1.165, 1.54) is 29.5 Å². The van der Waals surface area contributed by atoms with Crippen molar-refractivity contribution in [3.8, 4) is 11.6 Å². The minimum absolute atomic E-state index is 0.180. The van der Waals surface area contributed by atoms with Crippen molar-refractivity contribution < 1.29 is 17.9 Å². The maximum Gasteiger partial charge on any atom is 0.416 e. The van der Waals surface area contributed by atoms with E-state index in [1.54, 1.807) is 0 Å². The van der Waals surface area contributed by atoms with Crippen LogP contribution in [0.5, 0.6) is 11.6 Å². The molecule has 0 saturated carbocycles. The molecule has 3 nitrogen and oxygen atoms in total. The van der Waals surface area contributed by atoms with Gasteiger partial charge in [-0.1, -0.05) is 63.7 Å². The van der Waals surface area contributed by atoms with Crippen molar-refractivity contribution in [2.75, 3.05) is 0 Å². The van der Waals surface area contributed by atoms with Gasteiger partial charge in [0.05, 0.1) is 11.3 Å². The maximum atomic E-state index is 12.7. The van der Waals surface area contributed by atoms with Crippen LogP contribution in [0.25, 0.3) is 0 Å². The Balaban J connectivity index is 1.75. The Morgan fingerprint density at radius 3 is 2.06 bits per heavy atom. The van der Waals surface area contributed by atoms with E-state index in [4.69, 9.17) is 4.74 Å². The van der Waals surface area contributed by atoms with Crippen molar-refractivity contribution in [1.82, 2.24) is 9.97 Å². The molecule has 0 amide bonds. The van der Waals surface area contributed by atoms with Crippen LogP contribution in [0.1, 0.15) is 61.9 Å². The first-order chi connectivity index (χ1) is 14.6. The molecule has 0 N–H and O–H groups in total. The molecule has 0 radical (unpaired) electrons. The fourth-order valence-electron chi connectivity index (χ4n) is 2.81. The van der Waals surface area contributed by atoms with Crippen molar-refractivity contribution in [2.24, 2.45) is 0 Å². The lowest BCUT2D eigenvalue weighted by Crippen LogP contribution is -2.04. The highest BCUT2D eigenvalue weighted by Crippen LogP contribution is 2.31. The standard InChI is InChI=1S/C24H25F3N2OS/c1-15(2)18-7-11-20(12-8-18)30-22-13-21(16(3)4)28-23(29-22)31-14-17-5-9-19(10-6-17)24(25,26)27/h5-13,15-16H,14H2,1-4H3. The first kappa shape index (κ1) is 23.1. The lowest BCUT2D eigenvalue weighted by Gasteiger charge is -2.12. The van der Waals surface area contributed by atoms with Crippen LogP contribution in [0, 0.1) is 0 Å². The molecule has 0 bridgehead atoms. The van der Waals surface area contributed by atoms with Gasteiger partial charge in [0.15, 0.2) is 5.16 Å². The normalized spacial score (nSPS) is 11.9. The third-order valence-electron chi connectivity index (χ3n) is 4.71. The largest absolute Gasteiger partial charge is 0.439 e. The van der Waals surface area contributed by atoms with Crippen LogP contribution >= 0.6 is 11.8 Å². The van der Waals surface area contributed by atoms with Crippen molar-refractivity contribution in [3.05, 3.63) is 77.0 Å². The molecule has 0 aliphatic carbocycles. The number of halogens is 3. The highest BCUT2D eigenvalue weighted by Gasteiger charge is 2.29. The Hall–Kier alpha value is -2.54. The molecule has 31 heavy (non-hydrogen) atoms. The number of benzene rings is 2. The van der Waals surface area contributed by atoms with Gasteiger partial charge in [-0.25, -0.2) is 4.98 Å². The molecule has 1 heterocycles. The minimum Gasteiger partial charge on any atom is -0.439 e. The molecule has 0 spiro atoms. The monoisotopic (exact) mass is 446 g/mol. The summed E-state index contributed by atoms with van der Waals surface area (Å²) in [5.74, 6) is 2.22. The zero-order valence-corrected chi connectivity index (χ0v) is 18.7. The Morgan fingerprint density at radius 1 is 0.871 bits per heavy atom. The fourth-order valence-corrected chi connectivity index (χ4v) is 3.63. The van der Waals surface area contributed by atoms with Crippen LogP contribution in [0.3, 0.4) is 0 Å². The molecule has 164 valence electrons. The molecule has 2 aromatic carbocycles. The van der Waals surface area contributed by atoms with Gasteiger partial charge < -0.3 is 4.74 Å². The van der Waals surface area contributed by atoms with Crippen LogP contribution in [0.2, 0.25) is 0 Å². The molecule has 3 aromatic rings. The summed E-state index contributed by atoms with van der Waals surface area (Å²) >= 11 is 1.37. The Morgan fingerprint density at radius 2 is 1.52 bits per heavy atom. The number of thioether (sulfide) groups is 1. The summed E-state index contributed by atoms with van der Waals surface area (Å²) in [5, 5.41) is 0.528. The molecule has 0 fully saturated rings. The van der Waals surface area contributed by atoms with Crippen LogP contribution in [0.15, 0.2) is 59.8 Å². The van der Waals surface area contributed by atoms with Gasteiger partial charge in [0.25, 0.3) is 0 Å². The predicted octanol–water partition coefficient (Wildman–Crippen LogP) is 7.83. The van der Waals surface area contributed by atoms with Gasteiger partial charge in [-0.15, -0.1) is 0 Å². The van der Waals surface area contributed by atoms with E-state index < -0.39 is 11.7 Å². The first-order valence-electron chi connectivity index (χ1n) is 10.1. The van der Waals surface area contributed by atoms with Gasteiger partial charge in [-0.3, -0.25) is 0 Å². The third kappa shape index (κ3) is 6.47. The van der Waals surface area contributed by atoms with Crippen molar-refractivity contribution >= 4 is 11.8 Å². The summed E-state index contributed by atoms with van der Waals surface area (Å²) in [7, 11) is 0. The van der Waals surface area contributed by atoms with Crippen LogP contribution < -0.4 is 4.74 Å². The molecule has 3 rings (SSSR count). The van der Waals surface area contributed by atoms with E-state index >= 15 is 0 Å². The third-order valence-corrected chi connectivity index (χ3v) is 5.63. The molecule has 0 saturated heterocycles. The van der Waals surface area contributed by atoms with Gasteiger partial charge in [-0.05, 0) is 47.2 Å². The van der Waals surface area contributed by atoms with Crippen molar-refractivity contribution in [1.29, 1.82) is 0 Å². The summed E-state index contributed by atoms with van der Waals surface area (Å²) in [6.45, 7) is 8.34. The molecule has 0 atom stereocenters. The Bertz CT molecular complexity index is 1000. The van der Waals surface area contributed by atoms with Crippen molar-refractivity contribution in [3.63, 3.8) is 0 Å². The zero-order valence-electron chi connectivity index (χ0n) is 17.9. The number of hydrogen-bond acceptors (Lipinski definition) is 4. The van der Waals surface area contributed by atoms with Gasteiger partial charge in [-0.2, -0.15) is 18.2 Å². The number of nitrogens with zero attached hydrogens (tertiary/aromatic N) is 2. The first-order valence-corrected chi connectivity index (χ1v) is 11.1. The zero-order chi connectivity index (χ0) is 22.6. The van der Waals surface area contributed by atoms with E-state index in [2.05, 4.69) is 23.8 Å². The summed E-state index contributed by atoms with van der Waals surface area (Å²) in [6.07, 6.45) is -4.33. The van der Waals surface area contributed by atoms with E-state index in [0.29, 0.717) is 28.5 Å². The molecular weight excluding hydrogens is 421 g/mol. The lowest BCUT2D eigenvalue weighted by atomic mass is 10.0. The molecular formula is C24H25F3N2OS. The second kappa shape index (κ2) is 9.73. The maximum absolute atomic E-state index is 12.7. The van der Waals surface area contributed by atoms with E-state index in [0.717, 1.165) is 23.4 Å². The van der Waals surface area contributed by atoms with E-state index in [-0.39, 0.29) is 5.92 Å². The molecule has 1 aromatic heterocycles. The van der Waals surface area contributed by atoms with E-state index in [1.807, 2.05) is 44.2 Å². The quantitative estimate of drug-likeness (QED) is 0.274. The van der Waals surface area contributed by atoms with Crippen LogP contribution in [-0.4, -0.2) is 9.97 Å². The number of hydrogen-bond donors (Lipinski definition) is 0. The average molecular weight is 447 g/mol. The second-order valence-corrected chi connectivity index (χ2v) is 8.82. The Kier molecular flexibility index (Phi) is 7.26. The number of alkyl halides is 3. The topological polar surface area (TPSA) is 35.0 Å². The molecule has 0 aliphatic rings. The minimum atomic E-state index is -4.33. The predicted molar refractivity (Wildman–Crippen MR) is 118 cm³/mol. The molecule has 0 unspecified atom stereocenters. The smallest absolute Gasteiger partial charge is 0.416 e. The number of rotatable bonds is 7. The second-order valence-electron chi connectivity index (χ2n) is 7.88.